The molecular weight excluding hydrogens is 350 g/mol. The average molecular weight is 371 g/mol. The molecule has 3 aromatic rings. The molecule has 0 aliphatic rings. The number of hydrogen-bond donors (Lipinski definition) is 1. The Balaban J connectivity index is 2.09. The molecule has 0 atom stereocenters. The fourth-order valence-corrected chi connectivity index (χ4v) is 3.92. The number of aryl methyl sites for hydroxylation is 2. The molecule has 0 unspecified atom stereocenters. The van der Waals surface area contributed by atoms with Gasteiger partial charge < -0.3 is 10.5 Å². The molecule has 2 heterocycles. The predicted molar refractivity (Wildman–Crippen MR) is 103 cm³/mol. The van der Waals surface area contributed by atoms with Crippen molar-refractivity contribution in [2.75, 3.05) is 7.11 Å². The first-order chi connectivity index (χ1) is 12.4. The van der Waals surface area contributed by atoms with Crippen molar-refractivity contribution >= 4 is 27.5 Å². The lowest BCUT2D eigenvalue weighted by Gasteiger charge is -2.12. The number of carbonyl (C=O) groups is 1. The van der Waals surface area contributed by atoms with E-state index in [9.17, 15) is 9.59 Å². The van der Waals surface area contributed by atoms with Crippen molar-refractivity contribution in [3.8, 4) is 5.75 Å². The Kier molecular flexibility index (Phi) is 5.08. The standard InChI is InChI=1S/C19H21N3O3S/c1-11-12(2)26-18-17(11)19(24)22(9-8-15(20)23)16(21-18)10-13-4-6-14(25-3)7-5-13/h4-7H,8-10H2,1-3H3,(H2,20,23). The van der Waals surface area contributed by atoms with Gasteiger partial charge in [-0.25, -0.2) is 4.98 Å². The van der Waals surface area contributed by atoms with Crippen LogP contribution in [-0.2, 0) is 17.8 Å². The minimum absolute atomic E-state index is 0.102. The summed E-state index contributed by atoms with van der Waals surface area (Å²) in [5, 5.41) is 0.635. The number of amides is 1. The highest BCUT2D eigenvalue weighted by molar-refractivity contribution is 7.18. The molecule has 0 saturated carbocycles. The zero-order chi connectivity index (χ0) is 18.8. The fourth-order valence-electron chi connectivity index (χ4n) is 2.88. The SMILES string of the molecule is COc1ccc(Cc2nc3sc(C)c(C)c3c(=O)n2CCC(N)=O)cc1. The van der Waals surface area contributed by atoms with E-state index in [2.05, 4.69) is 0 Å². The van der Waals surface area contributed by atoms with Crippen LogP contribution < -0.4 is 16.0 Å². The number of carbonyl (C=O) groups excluding carboxylic acids is 1. The minimum Gasteiger partial charge on any atom is -0.497 e. The summed E-state index contributed by atoms with van der Waals surface area (Å²) in [6, 6.07) is 7.63. The summed E-state index contributed by atoms with van der Waals surface area (Å²) in [6.07, 6.45) is 0.592. The Morgan fingerprint density at radius 3 is 2.58 bits per heavy atom. The van der Waals surface area contributed by atoms with Gasteiger partial charge in [0.15, 0.2) is 0 Å². The molecule has 0 spiro atoms. The number of fused-ring (bicyclic) bond motifs is 1. The smallest absolute Gasteiger partial charge is 0.262 e. The van der Waals surface area contributed by atoms with E-state index in [-0.39, 0.29) is 18.5 Å². The Bertz CT molecular complexity index is 1020. The van der Waals surface area contributed by atoms with E-state index >= 15 is 0 Å². The van der Waals surface area contributed by atoms with Crippen molar-refractivity contribution in [2.45, 2.75) is 33.2 Å². The van der Waals surface area contributed by atoms with Gasteiger partial charge in [0.05, 0.1) is 12.5 Å². The zero-order valence-electron chi connectivity index (χ0n) is 15.0. The molecule has 1 amide bonds. The van der Waals surface area contributed by atoms with Gasteiger partial charge in [-0.15, -0.1) is 11.3 Å². The van der Waals surface area contributed by atoms with Crippen LogP contribution in [0, 0.1) is 13.8 Å². The van der Waals surface area contributed by atoms with Crippen molar-refractivity contribution in [3.63, 3.8) is 0 Å². The number of methoxy groups -OCH3 is 1. The van der Waals surface area contributed by atoms with E-state index in [0.29, 0.717) is 17.6 Å². The predicted octanol–water partition coefficient (Wildman–Crippen LogP) is 2.55. The van der Waals surface area contributed by atoms with Crippen LogP contribution in [0.4, 0.5) is 0 Å². The topological polar surface area (TPSA) is 87.2 Å². The number of aromatic nitrogens is 2. The second-order valence-electron chi connectivity index (χ2n) is 6.19. The highest BCUT2D eigenvalue weighted by atomic mass is 32.1. The van der Waals surface area contributed by atoms with Gasteiger partial charge in [-0.05, 0) is 37.1 Å². The lowest BCUT2D eigenvalue weighted by atomic mass is 10.1. The van der Waals surface area contributed by atoms with E-state index in [1.54, 1.807) is 11.7 Å². The van der Waals surface area contributed by atoms with E-state index < -0.39 is 5.91 Å². The van der Waals surface area contributed by atoms with Gasteiger partial charge in [0, 0.05) is 24.3 Å². The molecule has 136 valence electrons. The largest absolute Gasteiger partial charge is 0.497 e. The van der Waals surface area contributed by atoms with Crippen molar-refractivity contribution in [2.24, 2.45) is 5.73 Å². The summed E-state index contributed by atoms with van der Waals surface area (Å²) in [5.41, 5.74) is 7.13. The number of rotatable bonds is 6. The molecule has 0 radical (unpaired) electrons. The summed E-state index contributed by atoms with van der Waals surface area (Å²) >= 11 is 1.52. The maximum Gasteiger partial charge on any atom is 0.262 e. The number of thiophene rings is 1. The molecule has 7 heteroatoms. The van der Waals surface area contributed by atoms with Gasteiger partial charge in [0.2, 0.25) is 5.91 Å². The normalized spacial score (nSPS) is 11.0. The summed E-state index contributed by atoms with van der Waals surface area (Å²) in [7, 11) is 1.62. The molecule has 0 bridgehead atoms. The molecule has 0 saturated heterocycles. The number of primary amides is 1. The Hall–Kier alpha value is -2.67. The van der Waals surface area contributed by atoms with Crippen molar-refractivity contribution in [1.82, 2.24) is 9.55 Å². The first-order valence-electron chi connectivity index (χ1n) is 8.31. The number of nitrogens with zero attached hydrogens (tertiary/aromatic N) is 2. The average Bonchev–Trinajstić information content (AvgIpc) is 2.89. The highest BCUT2D eigenvalue weighted by Gasteiger charge is 2.17. The molecule has 2 N–H and O–H groups in total. The lowest BCUT2D eigenvalue weighted by Crippen LogP contribution is -2.27. The molecule has 2 aromatic heterocycles. The minimum atomic E-state index is -0.439. The number of nitrogens with two attached hydrogens (primary N) is 1. The van der Waals surface area contributed by atoms with Gasteiger partial charge in [-0.3, -0.25) is 14.2 Å². The maximum absolute atomic E-state index is 13.0. The molecule has 1 aromatic carbocycles. The van der Waals surface area contributed by atoms with Crippen LogP contribution in [-0.4, -0.2) is 22.6 Å². The van der Waals surface area contributed by atoms with Gasteiger partial charge in [0.25, 0.3) is 5.56 Å². The van der Waals surface area contributed by atoms with E-state index in [1.807, 2.05) is 38.1 Å². The second kappa shape index (κ2) is 7.29. The van der Waals surface area contributed by atoms with Gasteiger partial charge in [-0.2, -0.15) is 0 Å². The molecule has 3 rings (SSSR count). The molecule has 0 aliphatic carbocycles. The third kappa shape index (κ3) is 3.48. The van der Waals surface area contributed by atoms with E-state index in [0.717, 1.165) is 26.6 Å². The van der Waals surface area contributed by atoms with Gasteiger partial charge >= 0.3 is 0 Å². The third-order valence-corrected chi connectivity index (χ3v) is 5.57. The van der Waals surface area contributed by atoms with E-state index in [1.165, 1.54) is 11.3 Å². The molecular formula is C19H21N3O3S. The summed E-state index contributed by atoms with van der Waals surface area (Å²) in [5.74, 6) is 0.966. The Morgan fingerprint density at radius 1 is 1.27 bits per heavy atom. The van der Waals surface area contributed by atoms with Crippen molar-refractivity contribution < 1.29 is 9.53 Å². The highest BCUT2D eigenvalue weighted by Crippen LogP contribution is 2.27. The van der Waals surface area contributed by atoms with Crippen LogP contribution in [0.15, 0.2) is 29.1 Å². The van der Waals surface area contributed by atoms with Crippen LogP contribution in [0.3, 0.4) is 0 Å². The van der Waals surface area contributed by atoms with Crippen LogP contribution >= 0.6 is 11.3 Å². The van der Waals surface area contributed by atoms with Crippen LogP contribution in [0.2, 0.25) is 0 Å². The first-order valence-corrected chi connectivity index (χ1v) is 9.13. The summed E-state index contributed by atoms with van der Waals surface area (Å²) in [6.45, 7) is 4.15. The van der Waals surface area contributed by atoms with Crippen LogP contribution in [0.1, 0.15) is 28.2 Å². The Morgan fingerprint density at radius 2 is 1.96 bits per heavy atom. The second-order valence-corrected chi connectivity index (χ2v) is 7.39. The number of hydrogen-bond acceptors (Lipinski definition) is 5. The van der Waals surface area contributed by atoms with E-state index in [4.69, 9.17) is 15.5 Å². The maximum atomic E-state index is 13.0. The van der Waals surface area contributed by atoms with Crippen LogP contribution in [0.25, 0.3) is 10.2 Å². The monoisotopic (exact) mass is 371 g/mol. The lowest BCUT2D eigenvalue weighted by molar-refractivity contribution is -0.118. The first kappa shape index (κ1) is 18.1. The quantitative estimate of drug-likeness (QED) is 0.721. The Labute approximate surface area is 155 Å². The third-order valence-electron chi connectivity index (χ3n) is 4.47. The molecule has 26 heavy (non-hydrogen) atoms. The zero-order valence-corrected chi connectivity index (χ0v) is 15.9. The number of ether oxygens (including phenoxy) is 1. The molecule has 0 aliphatic heterocycles. The fraction of sp³-hybridized carbons (Fsp3) is 0.316. The van der Waals surface area contributed by atoms with Crippen molar-refractivity contribution in [1.29, 1.82) is 0 Å². The molecule has 6 nitrogen and oxygen atoms in total. The summed E-state index contributed by atoms with van der Waals surface area (Å²) in [4.78, 5) is 30.8. The summed E-state index contributed by atoms with van der Waals surface area (Å²) < 4.78 is 6.76. The molecule has 0 fully saturated rings. The van der Waals surface area contributed by atoms with Crippen LogP contribution in [0.5, 0.6) is 5.75 Å². The van der Waals surface area contributed by atoms with Crippen molar-refractivity contribution in [3.05, 3.63) is 56.4 Å². The van der Waals surface area contributed by atoms with Gasteiger partial charge in [0.1, 0.15) is 16.4 Å². The number of benzene rings is 1. The van der Waals surface area contributed by atoms with Gasteiger partial charge in [-0.1, -0.05) is 12.1 Å².